The van der Waals surface area contributed by atoms with Crippen molar-refractivity contribution in [2.45, 2.75) is 6.92 Å². The number of nitrogens with zero attached hydrogens (tertiary/aromatic N) is 2. The summed E-state index contributed by atoms with van der Waals surface area (Å²) in [6, 6.07) is 6.83. The summed E-state index contributed by atoms with van der Waals surface area (Å²) >= 11 is 3.36. The van der Waals surface area contributed by atoms with Gasteiger partial charge in [0.25, 0.3) is 0 Å². The topological polar surface area (TPSA) is 72.3 Å². The molecule has 0 fully saturated rings. The molecular formula is C12H9BrN2O3. The first-order valence-corrected chi connectivity index (χ1v) is 5.86. The van der Waals surface area contributed by atoms with Crippen molar-refractivity contribution in [1.29, 1.82) is 0 Å². The number of carboxylic acid groups (broad SMARTS) is 1. The van der Waals surface area contributed by atoms with E-state index in [0.29, 0.717) is 5.75 Å². The van der Waals surface area contributed by atoms with E-state index in [4.69, 9.17) is 9.84 Å². The summed E-state index contributed by atoms with van der Waals surface area (Å²) in [5.41, 5.74) is 0.970. The van der Waals surface area contributed by atoms with E-state index in [2.05, 4.69) is 25.9 Å². The fraction of sp³-hybridized carbons (Fsp3) is 0.0833. The maximum absolute atomic E-state index is 10.8. The number of ether oxygens (including phenoxy) is 1. The second-order valence-corrected chi connectivity index (χ2v) is 4.42. The van der Waals surface area contributed by atoms with Crippen LogP contribution in [0.5, 0.6) is 11.8 Å². The lowest BCUT2D eigenvalue weighted by molar-refractivity contribution is 0.0689. The number of carboxylic acids is 1. The Bertz CT molecular complexity index is 602. The lowest BCUT2D eigenvalue weighted by atomic mass is 10.2. The van der Waals surface area contributed by atoms with Crippen molar-refractivity contribution in [3.05, 3.63) is 46.2 Å². The summed E-state index contributed by atoms with van der Waals surface area (Å²) in [4.78, 5) is 18.4. The zero-order valence-electron chi connectivity index (χ0n) is 9.42. The third kappa shape index (κ3) is 2.84. The number of rotatable bonds is 3. The summed E-state index contributed by atoms with van der Waals surface area (Å²) in [5, 5.41) is 8.81. The Morgan fingerprint density at radius 1 is 1.39 bits per heavy atom. The van der Waals surface area contributed by atoms with Gasteiger partial charge in [-0.2, -0.15) is 4.98 Å². The minimum absolute atomic E-state index is 0.000506. The zero-order chi connectivity index (χ0) is 13.1. The zero-order valence-corrected chi connectivity index (χ0v) is 11.0. The Hall–Kier alpha value is -1.95. The molecule has 5 nitrogen and oxygen atoms in total. The number of aryl methyl sites for hydroxylation is 1. The molecule has 0 amide bonds. The quantitative estimate of drug-likeness (QED) is 0.943. The lowest BCUT2D eigenvalue weighted by Gasteiger charge is -2.06. The van der Waals surface area contributed by atoms with E-state index in [0.717, 1.165) is 10.0 Å². The average Bonchev–Trinajstić information content (AvgIpc) is 2.33. The average molecular weight is 309 g/mol. The molecule has 0 aliphatic rings. The highest BCUT2D eigenvalue weighted by molar-refractivity contribution is 9.10. The minimum atomic E-state index is -1.12. The van der Waals surface area contributed by atoms with Crippen molar-refractivity contribution >= 4 is 21.9 Å². The summed E-state index contributed by atoms with van der Waals surface area (Å²) in [6.07, 6.45) is 1.34. The Labute approximate surface area is 112 Å². The Balaban J connectivity index is 2.28. The van der Waals surface area contributed by atoms with Crippen LogP contribution in [0.4, 0.5) is 0 Å². The smallest absolute Gasteiger partial charge is 0.354 e. The molecule has 0 bridgehead atoms. The van der Waals surface area contributed by atoms with Crippen molar-refractivity contribution in [2.75, 3.05) is 0 Å². The van der Waals surface area contributed by atoms with Crippen LogP contribution in [0.1, 0.15) is 16.1 Å². The van der Waals surface area contributed by atoms with E-state index >= 15 is 0 Å². The van der Waals surface area contributed by atoms with Crippen molar-refractivity contribution < 1.29 is 14.6 Å². The van der Waals surface area contributed by atoms with Crippen LogP contribution in [0.3, 0.4) is 0 Å². The second kappa shape index (κ2) is 5.14. The Morgan fingerprint density at radius 2 is 2.17 bits per heavy atom. The van der Waals surface area contributed by atoms with Crippen molar-refractivity contribution in [3.8, 4) is 11.8 Å². The standard InChI is InChI=1S/C12H9BrN2O3/c1-7-2-3-10(8(13)6-7)18-12-14-5-4-9(15-12)11(16)17/h2-6H,1H3,(H,16,17). The molecule has 92 valence electrons. The summed E-state index contributed by atoms with van der Waals surface area (Å²) in [6.45, 7) is 1.95. The first kappa shape index (κ1) is 12.5. The molecule has 0 spiro atoms. The van der Waals surface area contributed by atoms with E-state index < -0.39 is 5.97 Å². The van der Waals surface area contributed by atoms with Gasteiger partial charge in [0.05, 0.1) is 4.47 Å². The van der Waals surface area contributed by atoms with Crippen LogP contribution in [-0.2, 0) is 0 Å². The molecule has 0 saturated carbocycles. The van der Waals surface area contributed by atoms with Crippen LogP contribution in [0.25, 0.3) is 0 Å². The van der Waals surface area contributed by atoms with Crippen LogP contribution < -0.4 is 4.74 Å². The molecule has 0 aliphatic heterocycles. The third-order valence-electron chi connectivity index (χ3n) is 2.14. The van der Waals surface area contributed by atoms with Gasteiger partial charge in [-0.25, -0.2) is 9.78 Å². The highest BCUT2D eigenvalue weighted by Gasteiger charge is 2.09. The van der Waals surface area contributed by atoms with Crippen molar-refractivity contribution in [2.24, 2.45) is 0 Å². The van der Waals surface area contributed by atoms with E-state index in [-0.39, 0.29) is 11.7 Å². The van der Waals surface area contributed by atoms with Gasteiger partial charge in [-0.15, -0.1) is 0 Å². The molecule has 2 rings (SSSR count). The minimum Gasteiger partial charge on any atom is -0.477 e. The molecule has 0 atom stereocenters. The fourth-order valence-electron chi connectivity index (χ4n) is 1.30. The summed E-state index contributed by atoms with van der Waals surface area (Å²) < 4.78 is 6.18. The van der Waals surface area contributed by atoms with Crippen LogP contribution in [0, 0.1) is 6.92 Å². The number of benzene rings is 1. The normalized spacial score (nSPS) is 10.1. The van der Waals surface area contributed by atoms with Gasteiger partial charge in [0.2, 0.25) is 0 Å². The number of carbonyl (C=O) groups is 1. The number of halogens is 1. The monoisotopic (exact) mass is 308 g/mol. The van der Waals surface area contributed by atoms with Crippen LogP contribution in [0.15, 0.2) is 34.9 Å². The molecule has 0 radical (unpaired) electrons. The van der Waals surface area contributed by atoms with Crippen LogP contribution in [0.2, 0.25) is 0 Å². The molecule has 0 aliphatic carbocycles. The number of aromatic nitrogens is 2. The van der Waals surface area contributed by atoms with E-state index in [9.17, 15) is 4.79 Å². The largest absolute Gasteiger partial charge is 0.477 e. The number of hydrogen-bond acceptors (Lipinski definition) is 4. The van der Waals surface area contributed by atoms with Gasteiger partial charge in [0.15, 0.2) is 5.69 Å². The van der Waals surface area contributed by atoms with Gasteiger partial charge in [0, 0.05) is 6.20 Å². The molecule has 1 aromatic carbocycles. The summed E-state index contributed by atoms with van der Waals surface area (Å²) in [5.74, 6) is -0.589. The number of aromatic carboxylic acids is 1. The Morgan fingerprint density at radius 3 is 2.83 bits per heavy atom. The third-order valence-corrected chi connectivity index (χ3v) is 2.76. The molecule has 1 N–H and O–H groups in total. The van der Waals surface area contributed by atoms with Gasteiger partial charge in [-0.3, -0.25) is 0 Å². The SMILES string of the molecule is Cc1ccc(Oc2nccc(C(=O)O)n2)c(Br)c1. The highest BCUT2D eigenvalue weighted by atomic mass is 79.9. The van der Waals surface area contributed by atoms with E-state index in [1.807, 2.05) is 19.1 Å². The Kier molecular flexibility index (Phi) is 3.57. The molecule has 6 heteroatoms. The lowest BCUT2D eigenvalue weighted by Crippen LogP contribution is -2.02. The van der Waals surface area contributed by atoms with Crippen LogP contribution in [-0.4, -0.2) is 21.0 Å². The molecule has 18 heavy (non-hydrogen) atoms. The predicted molar refractivity (Wildman–Crippen MR) is 67.9 cm³/mol. The van der Waals surface area contributed by atoms with Gasteiger partial charge in [0.1, 0.15) is 5.75 Å². The van der Waals surface area contributed by atoms with Crippen molar-refractivity contribution in [3.63, 3.8) is 0 Å². The molecule has 0 unspecified atom stereocenters. The summed E-state index contributed by atoms with van der Waals surface area (Å²) in [7, 11) is 0. The number of hydrogen-bond donors (Lipinski definition) is 1. The van der Waals surface area contributed by atoms with Gasteiger partial charge >= 0.3 is 12.0 Å². The second-order valence-electron chi connectivity index (χ2n) is 3.57. The maximum Gasteiger partial charge on any atom is 0.354 e. The van der Waals surface area contributed by atoms with Gasteiger partial charge in [-0.05, 0) is 46.6 Å². The van der Waals surface area contributed by atoms with Gasteiger partial charge < -0.3 is 9.84 Å². The first-order valence-electron chi connectivity index (χ1n) is 5.06. The first-order chi connectivity index (χ1) is 8.56. The van der Waals surface area contributed by atoms with Crippen molar-refractivity contribution in [1.82, 2.24) is 9.97 Å². The van der Waals surface area contributed by atoms with E-state index in [1.54, 1.807) is 6.07 Å². The molecular weight excluding hydrogens is 300 g/mol. The fourth-order valence-corrected chi connectivity index (χ4v) is 1.87. The van der Waals surface area contributed by atoms with E-state index in [1.165, 1.54) is 12.3 Å². The maximum atomic E-state index is 10.8. The predicted octanol–water partition coefficient (Wildman–Crippen LogP) is 3.04. The molecule has 1 aromatic heterocycles. The van der Waals surface area contributed by atoms with Gasteiger partial charge in [-0.1, -0.05) is 6.07 Å². The molecule has 1 heterocycles. The molecule has 2 aromatic rings. The highest BCUT2D eigenvalue weighted by Crippen LogP contribution is 2.28. The van der Waals surface area contributed by atoms with Crippen LogP contribution >= 0.6 is 15.9 Å². The molecule has 0 saturated heterocycles.